The van der Waals surface area contributed by atoms with Crippen LogP contribution in [0.25, 0.3) is 0 Å². The van der Waals surface area contributed by atoms with Crippen LogP contribution in [0.5, 0.6) is 0 Å². The summed E-state index contributed by atoms with van der Waals surface area (Å²) in [5.74, 6) is 0. The number of rotatable bonds is 2. The van der Waals surface area contributed by atoms with Gasteiger partial charge in [-0.1, -0.05) is 27.7 Å². The molecule has 2 rings (SSSR count). The molecule has 100 valence electrons. The summed E-state index contributed by atoms with van der Waals surface area (Å²) in [4.78, 5) is 0. The average molecular weight is 240 g/mol. The highest BCUT2D eigenvalue weighted by atomic mass is 16.3. The molecule has 17 heavy (non-hydrogen) atoms. The van der Waals surface area contributed by atoms with Crippen LogP contribution in [0.1, 0.15) is 66.2 Å². The van der Waals surface area contributed by atoms with Crippen molar-refractivity contribution in [2.75, 3.05) is 6.61 Å². The topological polar surface area (TPSA) is 40.5 Å². The van der Waals surface area contributed by atoms with E-state index in [0.717, 1.165) is 38.5 Å². The minimum absolute atomic E-state index is 0.146. The van der Waals surface area contributed by atoms with E-state index in [-0.39, 0.29) is 12.0 Å². The zero-order chi connectivity index (χ0) is 12.9. The van der Waals surface area contributed by atoms with Crippen molar-refractivity contribution in [3.05, 3.63) is 0 Å². The molecule has 0 heterocycles. The zero-order valence-electron chi connectivity index (χ0n) is 11.8. The molecule has 0 aromatic rings. The molecule has 2 saturated carbocycles. The lowest BCUT2D eigenvalue weighted by molar-refractivity contribution is -0.215. The molecule has 0 unspecified atom stereocenters. The maximum atomic E-state index is 10.9. The molecule has 0 atom stereocenters. The van der Waals surface area contributed by atoms with Gasteiger partial charge in [0.15, 0.2) is 0 Å². The number of aliphatic hydroxyl groups excluding tert-OH is 1. The van der Waals surface area contributed by atoms with Crippen molar-refractivity contribution in [3.63, 3.8) is 0 Å². The van der Waals surface area contributed by atoms with E-state index < -0.39 is 5.60 Å². The highest BCUT2D eigenvalue weighted by molar-refractivity contribution is 5.11. The third-order valence-electron chi connectivity index (χ3n) is 5.35. The summed E-state index contributed by atoms with van der Waals surface area (Å²) in [5.41, 5.74) is -0.173. The molecule has 2 N–H and O–H groups in total. The van der Waals surface area contributed by atoms with Crippen LogP contribution in [-0.4, -0.2) is 22.4 Å². The Hall–Kier alpha value is -0.0800. The molecule has 0 aromatic heterocycles. The summed E-state index contributed by atoms with van der Waals surface area (Å²) < 4.78 is 0. The summed E-state index contributed by atoms with van der Waals surface area (Å²) in [7, 11) is 0. The third-order valence-corrected chi connectivity index (χ3v) is 5.35. The summed E-state index contributed by atoms with van der Waals surface area (Å²) in [6.07, 6.45) is 5.80. The first-order valence-corrected chi connectivity index (χ1v) is 6.97. The smallest absolute Gasteiger partial charge is 0.0726 e. The van der Waals surface area contributed by atoms with E-state index in [0.29, 0.717) is 10.8 Å². The van der Waals surface area contributed by atoms with E-state index >= 15 is 0 Å². The normalized spacial score (nSPS) is 32.8. The molecular weight excluding hydrogens is 212 g/mol. The molecule has 0 saturated heterocycles. The van der Waals surface area contributed by atoms with E-state index in [1.165, 1.54) is 0 Å². The fourth-order valence-electron chi connectivity index (χ4n) is 4.24. The molecule has 0 aliphatic heterocycles. The Labute approximate surface area is 105 Å². The number of aliphatic hydroxyl groups is 2. The maximum Gasteiger partial charge on any atom is 0.0726 e. The van der Waals surface area contributed by atoms with Gasteiger partial charge in [0.2, 0.25) is 0 Å². The Morgan fingerprint density at radius 2 is 1.29 bits per heavy atom. The lowest BCUT2D eigenvalue weighted by atomic mass is 9.45. The van der Waals surface area contributed by atoms with Crippen LogP contribution in [0.15, 0.2) is 0 Å². The molecule has 2 heteroatoms. The zero-order valence-corrected chi connectivity index (χ0v) is 11.8. The Morgan fingerprint density at radius 3 is 1.65 bits per heavy atom. The molecule has 0 radical (unpaired) electrons. The Morgan fingerprint density at radius 1 is 0.824 bits per heavy atom. The van der Waals surface area contributed by atoms with E-state index in [2.05, 4.69) is 27.7 Å². The van der Waals surface area contributed by atoms with Gasteiger partial charge in [-0.05, 0) is 49.4 Å². The van der Waals surface area contributed by atoms with Gasteiger partial charge in [0.1, 0.15) is 0 Å². The van der Waals surface area contributed by atoms with Crippen molar-refractivity contribution in [2.24, 2.45) is 16.2 Å². The summed E-state index contributed by atoms with van der Waals surface area (Å²) >= 11 is 0. The second-order valence-corrected chi connectivity index (χ2v) is 8.15. The minimum Gasteiger partial charge on any atom is -0.396 e. The molecule has 0 amide bonds. The molecule has 2 aliphatic rings. The lowest BCUT2D eigenvalue weighted by Gasteiger charge is -2.62. The molecule has 0 aromatic carbocycles. The van der Waals surface area contributed by atoms with Gasteiger partial charge in [-0.3, -0.25) is 0 Å². The van der Waals surface area contributed by atoms with Gasteiger partial charge in [-0.2, -0.15) is 0 Å². The monoisotopic (exact) mass is 240 g/mol. The molecule has 2 fully saturated rings. The van der Waals surface area contributed by atoms with Crippen LogP contribution >= 0.6 is 0 Å². The average Bonchev–Trinajstić information content (AvgIpc) is 2.18. The molecule has 0 bridgehead atoms. The van der Waals surface area contributed by atoms with Gasteiger partial charge >= 0.3 is 0 Å². The van der Waals surface area contributed by atoms with Crippen molar-refractivity contribution in [1.29, 1.82) is 0 Å². The van der Waals surface area contributed by atoms with Gasteiger partial charge < -0.3 is 10.2 Å². The number of hydrogen-bond donors (Lipinski definition) is 2. The predicted octanol–water partition coefficient (Wildman–Crippen LogP) is 3.12. The lowest BCUT2D eigenvalue weighted by Crippen LogP contribution is -2.62. The van der Waals surface area contributed by atoms with Crippen LogP contribution in [0, 0.1) is 16.2 Å². The summed E-state index contributed by atoms with van der Waals surface area (Å²) in [6.45, 7) is 9.17. The minimum atomic E-state index is -0.618. The van der Waals surface area contributed by atoms with Gasteiger partial charge in [0.05, 0.1) is 12.2 Å². The Bertz CT molecular complexity index is 286. The van der Waals surface area contributed by atoms with Crippen molar-refractivity contribution in [3.8, 4) is 0 Å². The van der Waals surface area contributed by atoms with Crippen molar-refractivity contribution >= 4 is 0 Å². The standard InChI is InChI=1S/C15H28O2/c1-12(2)5-7-15(17,8-6-12)14(11-16)9-13(3,4)10-14/h16-17H,5-11H2,1-4H3. The second kappa shape index (κ2) is 3.71. The fourth-order valence-corrected chi connectivity index (χ4v) is 4.24. The molecular formula is C15H28O2. The van der Waals surface area contributed by atoms with Crippen molar-refractivity contribution in [2.45, 2.75) is 71.8 Å². The third kappa shape index (κ3) is 2.15. The molecule has 2 nitrogen and oxygen atoms in total. The van der Waals surface area contributed by atoms with Crippen LogP contribution in [0.2, 0.25) is 0 Å². The molecule has 2 aliphatic carbocycles. The van der Waals surface area contributed by atoms with Crippen LogP contribution in [0.3, 0.4) is 0 Å². The Kier molecular flexibility index (Phi) is 2.91. The first kappa shape index (κ1) is 13.4. The second-order valence-electron chi connectivity index (χ2n) is 8.15. The van der Waals surface area contributed by atoms with Gasteiger partial charge in [-0.15, -0.1) is 0 Å². The van der Waals surface area contributed by atoms with Crippen LogP contribution < -0.4 is 0 Å². The Balaban J connectivity index is 2.11. The SMILES string of the molecule is CC1(C)CCC(O)(C2(CO)CC(C)(C)C2)CC1. The maximum absolute atomic E-state index is 10.9. The highest BCUT2D eigenvalue weighted by Gasteiger charge is 2.61. The molecule has 0 spiro atoms. The van der Waals surface area contributed by atoms with Crippen molar-refractivity contribution in [1.82, 2.24) is 0 Å². The summed E-state index contributed by atoms with van der Waals surface area (Å²) in [6, 6.07) is 0. The first-order chi connectivity index (χ1) is 7.64. The van der Waals surface area contributed by atoms with Gasteiger partial charge in [0, 0.05) is 5.41 Å². The largest absolute Gasteiger partial charge is 0.396 e. The van der Waals surface area contributed by atoms with Gasteiger partial charge in [0.25, 0.3) is 0 Å². The van der Waals surface area contributed by atoms with Gasteiger partial charge in [-0.25, -0.2) is 0 Å². The first-order valence-electron chi connectivity index (χ1n) is 6.97. The van der Waals surface area contributed by atoms with E-state index in [1.807, 2.05) is 0 Å². The van der Waals surface area contributed by atoms with Crippen LogP contribution in [0.4, 0.5) is 0 Å². The predicted molar refractivity (Wildman–Crippen MR) is 69.7 cm³/mol. The van der Waals surface area contributed by atoms with Crippen LogP contribution in [-0.2, 0) is 0 Å². The van der Waals surface area contributed by atoms with E-state index in [4.69, 9.17) is 0 Å². The fraction of sp³-hybridized carbons (Fsp3) is 1.00. The highest BCUT2D eigenvalue weighted by Crippen LogP contribution is 2.63. The van der Waals surface area contributed by atoms with E-state index in [9.17, 15) is 10.2 Å². The summed E-state index contributed by atoms with van der Waals surface area (Å²) in [5, 5.41) is 20.7. The van der Waals surface area contributed by atoms with Crippen molar-refractivity contribution < 1.29 is 10.2 Å². The number of hydrogen-bond acceptors (Lipinski definition) is 2. The van der Waals surface area contributed by atoms with E-state index in [1.54, 1.807) is 0 Å². The quantitative estimate of drug-likeness (QED) is 0.778.